The Morgan fingerprint density at radius 3 is 2.44 bits per heavy atom. The summed E-state index contributed by atoms with van der Waals surface area (Å²) in [7, 11) is 3.87. The van der Waals surface area contributed by atoms with Crippen molar-refractivity contribution in [2.24, 2.45) is 0 Å². The zero-order valence-electron chi connectivity index (χ0n) is 23.8. The number of imidazole rings is 2. The van der Waals surface area contributed by atoms with E-state index in [4.69, 9.17) is 54.1 Å². The number of alkyl halides is 1. The minimum Gasteiger partial charge on any atom is -0.397 e. The van der Waals surface area contributed by atoms with Crippen LogP contribution in [-0.4, -0.2) is 103 Å². The van der Waals surface area contributed by atoms with E-state index in [1.807, 2.05) is 0 Å². The number of hydrogen-bond donors (Lipinski definition) is 3. The average Bonchev–Trinajstić information content (AvgIpc) is 3.75. The molecule has 0 saturated carbocycles. The number of hydrogen-bond acceptors (Lipinski definition) is 14. The lowest BCUT2D eigenvalue weighted by Crippen LogP contribution is -2.37. The summed E-state index contributed by atoms with van der Waals surface area (Å²) in [6.45, 7) is -3.62. The predicted octanol–water partition coefficient (Wildman–Crippen LogP) is 1.81. The third kappa shape index (κ3) is 5.57. The summed E-state index contributed by atoms with van der Waals surface area (Å²) >= 11 is 5.50. The highest BCUT2D eigenvalue weighted by Crippen LogP contribution is 2.54. The van der Waals surface area contributed by atoms with Crippen molar-refractivity contribution in [1.82, 2.24) is 34.1 Å². The molecule has 2 radical (unpaired) electrons. The SMILES string of the molecule is [B]P1(=O)CC[C@H]2O[C@@H](n3cnc4c(N)ncnc43)C(F)[C@H]2OP(O)(=S)CC[C@H]2O[C@@H](n3cnc4c(N)ccnc43)[C@@H](OC)C2O1. The number of halogens is 1. The Bertz CT molecular complexity index is 1850. The third-order valence-electron chi connectivity index (χ3n) is 8.26. The topological polar surface area (TPSA) is 210 Å². The van der Waals surface area contributed by atoms with Gasteiger partial charge in [0.2, 0.25) is 7.57 Å². The van der Waals surface area contributed by atoms with Crippen molar-refractivity contribution in [3.8, 4) is 0 Å². The number of fused-ring (bicyclic) bond motifs is 4. The summed E-state index contributed by atoms with van der Waals surface area (Å²) in [5.41, 5.74) is 13.8. The highest BCUT2D eigenvalue weighted by atomic mass is 32.5. The molecule has 10 atom stereocenters. The average molecular weight is 679 g/mol. The number of aromatic nitrogens is 7. The molecule has 0 aliphatic carbocycles. The molecule has 3 saturated heterocycles. The molecule has 0 bridgehead atoms. The Labute approximate surface area is 262 Å². The second kappa shape index (κ2) is 11.6. The molecule has 0 aromatic carbocycles. The first-order valence-corrected chi connectivity index (χ1v) is 18.7. The van der Waals surface area contributed by atoms with Crippen LogP contribution in [0, 0.1) is 0 Å². The predicted molar refractivity (Wildman–Crippen MR) is 164 cm³/mol. The number of rotatable bonds is 3. The van der Waals surface area contributed by atoms with Crippen LogP contribution in [0.1, 0.15) is 25.3 Å². The summed E-state index contributed by atoms with van der Waals surface area (Å²) in [6.07, 6.45) is -3.36. The number of ether oxygens (including phenoxy) is 3. The molecule has 0 amide bonds. The van der Waals surface area contributed by atoms with Crippen LogP contribution in [0.4, 0.5) is 15.9 Å². The maximum atomic E-state index is 16.1. The molecule has 4 unspecified atom stereocenters. The molecular formula is C24H29BFN9O7P2S. The first-order chi connectivity index (χ1) is 21.5. The van der Waals surface area contributed by atoms with Crippen LogP contribution in [0.15, 0.2) is 31.2 Å². The number of nitrogens with two attached hydrogens (primary N) is 2. The number of nitrogen functional groups attached to an aromatic ring is 2. The van der Waals surface area contributed by atoms with Gasteiger partial charge in [0.25, 0.3) is 0 Å². The standard InChI is InChI=1S/C24H29BFN9O7P2S/c1-38-19-18-13(40-24(19)35-9-32-15-11(27)2-5-29-21(15)35)4-7-44(37,45)42-17-12(3-6-43(25,36)41-18)39-23(14(17)26)34-10-33-16-20(28)30-8-31-22(16)34/h2,5,8-10,12-14,17-19,23-24H,3-4,6-7H2,1H3,(H2,27,29)(H,37,45)(H2,28,30,31)/t12-,13-,14?,17+,18?,19+,23-,24-,43?,44?/m1/s1. The molecular weight excluding hydrogens is 650 g/mol. The fourth-order valence-electron chi connectivity index (χ4n) is 6.11. The molecule has 0 spiro atoms. The normalized spacial score (nSPS) is 37.7. The highest BCUT2D eigenvalue weighted by Gasteiger charge is 2.52. The van der Waals surface area contributed by atoms with E-state index in [-0.39, 0.29) is 42.1 Å². The van der Waals surface area contributed by atoms with Crippen molar-refractivity contribution in [2.75, 3.05) is 30.9 Å². The molecule has 3 aliphatic heterocycles. The molecule has 4 aromatic rings. The Balaban J connectivity index is 1.18. The van der Waals surface area contributed by atoms with E-state index in [2.05, 4.69) is 24.9 Å². The molecule has 7 rings (SSSR count). The highest BCUT2D eigenvalue weighted by molar-refractivity contribution is 8.09. The second-order valence-electron chi connectivity index (χ2n) is 11.1. The minimum absolute atomic E-state index is 0.0386. The molecule has 16 nitrogen and oxygen atoms in total. The zero-order valence-corrected chi connectivity index (χ0v) is 26.4. The van der Waals surface area contributed by atoms with Crippen LogP contribution < -0.4 is 11.5 Å². The van der Waals surface area contributed by atoms with Crippen LogP contribution in [0.25, 0.3) is 22.3 Å². The van der Waals surface area contributed by atoms with E-state index in [1.54, 1.807) is 16.8 Å². The molecule has 7 heterocycles. The minimum atomic E-state index is -3.86. The molecule has 3 fully saturated rings. The fourth-order valence-corrected chi connectivity index (χ4v) is 9.43. The smallest absolute Gasteiger partial charge is 0.202 e. The van der Waals surface area contributed by atoms with E-state index in [9.17, 15) is 9.46 Å². The third-order valence-corrected chi connectivity index (χ3v) is 11.9. The first-order valence-electron chi connectivity index (χ1n) is 14.0. The van der Waals surface area contributed by atoms with E-state index < -0.39 is 62.9 Å². The molecule has 4 aromatic heterocycles. The van der Waals surface area contributed by atoms with Crippen molar-refractivity contribution in [2.45, 2.75) is 62.0 Å². The van der Waals surface area contributed by atoms with Crippen LogP contribution >= 0.6 is 13.7 Å². The van der Waals surface area contributed by atoms with Gasteiger partial charge in [0.05, 0.1) is 30.5 Å². The van der Waals surface area contributed by atoms with E-state index >= 15 is 4.39 Å². The van der Waals surface area contributed by atoms with Crippen LogP contribution in [0.2, 0.25) is 0 Å². The number of anilines is 2. The van der Waals surface area contributed by atoms with Crippen LogP contribution in [-0.2, 0) is 39.6 Å². The van der Waals surface area contributed by atoms with Gasteiger partial charge in [-0.1, -0.05) is 0 Å². The summed E-state index contributed by atoms with van der Waals surface area (Å²) in [5.74, 6) is 0.118. The van der Waals surface area contributed by atoms with Gasteiger partial charge in [-0.2, -0.15) is 0 Å². The Kier molecular flexibility index (Phi) is 7.98. The lowest BCUT2D eigenvalue weighted by Gasteiger charge is -2.31. The molecule has 238 valence electrons. The van der Waals surface area contributed by atoms with E-state index in [1.165, 1.54) is 30.7 Å². The van der Waals surface area contributed by atoms with Gasteiger partial charge < -0.3 is 44.2 Å². The first kappa shape index (κ1) is 31.0. The van der Waals surface area contributed by atoms with Gasteiger partial charge in [0.1, 0.15) is 42.9 Å². The van der Waals surface area contributed by atoms with Crippen molar-refractivity contribution >= 4 is 66.9 Å². The maximum Gasteiger partial charge on any atom is 0.202 e. The summed E-state index contributed by atoms with van der Waals surface area (Å²) in [5, 5.41) is 0. The van der Waals surface area contributed by atoms with Crippen molar-refractivity contribution < 1.29 is 37.1 Å². The molecule has 45 heavy (non-hydrogen) atoms. The van der Waals surface area contributed by atoms with Crippen molar-refractivity contribution in [1.29, 1.82) is 0 Å². The van der Waals surface area contributed by atoms with Crippen molar-refractivity contribution in [3.63, 3.8) is 0 Å². The van der Waals surface area contributed by atoms with E-state index in [0.717, 1.165) is 0 Å². The van der Waals surface area contributed by atoms with Crippen LogP contribution in [0.3, 0.4) is 0 Å². The Hall–Kier alpha value is -2.60. The Morgan fingerprint density at radius 1 is 1.00 bits per heavy atom. The lowest BCUT2D eigenvalue weighted by molar-refractivity contribution is -0.0491. The zero-order chi connectivity index (χ0) is 31.7. The number of nitrogens with zero attached hydrogens (tertiary/aromatic N) is 7. The maximum absolute atomic E-state index is 16.1. The number of methoxy groups -OCH3 is 1. The van der Waals surface area contributed by atoms with Gasteiger partial charge in [-0.25, -0.2) is 29.3 Å². The van der Waals surface area contributed by atoms with Gasteiger partial charge in [-0.3, -0.25) is 9.13 Å². The quantitative estimate of drug-likeness (QED) is 0.208. The molecule has 3 aliphatic rings. The molecule has 5 N–H and O–H groups in total. The van der Waals surface area contributed by atoms with Gasteiger partial charge in [0.15, 0.2) is 42.2 Å². The largest absolute Gasteiger partial charge is 0.397 e. The van der Waals surface area contributed by atoms with Gasteiger partial charge in [-0.15, -0.1) is 0 Å². The molecule has 21 heteroatoms. The van der Waals surface area contributed by atoms with E-state index in [0.29, 0.717) is 16.9 Å². The van der Waals surface area contributed by atoms with Gasteiger partial charge in [0, 0.05) is 25.6 Å². The summed E-state index contributed by atoms with van der Waals surface area (Å²) < 4.78 is 63.2. The Morgan fingerprint density at radius 2 is 1.67 bits per heavy atom. The van der Waals surface area contributed by atoms with Crippen molar-refractivity contribution in [3.05, 3.63) is 31.2 Å². The summed E-state index contributed by atoms with van der Waals surface area (Å²) in [6, 6.07) is 1.63. The number of pyridine rings is 1. The second-order valence-corrected chi connectivity index (χ2v) is 16.9. The summed E-state index contributed by atoms with van der Waals surface area (Å²) in [4.78, 5) is 32.3. The fraction of sp³-hybridized carbons (Fsp3) is 0.542. The van der Waals surface area contributed by atoms with Gasteiger partial charge in [-0.05, 0) is 30.7 Å². The monoisotopic (exact) mass is 679 g/mol. The van der Waals surface area contributed by atoms with Crippen LogP contribution in [0.5, 0.6) is 0 Å². The lowest BCUT2D eigenvalue weighted by atomic mass is 10.1. The van der Waals surface area contributed by atoms with Gasteiger partial charge >= 0.3 is 0 Å².